The van der Waals surface area contributed by atoms with Gasteiger partial charge < -0.3 is 4.74 Å². The first-order chi connectivity index (χ1) is 8.43. The van der Waals surface area contributed by atoms with Crippen LogP contribution in [-0.4, -0.2) is 17.4 Å². The normalized spacial score (nSPS) is 12.9. The minimum absolute atomic E-state index is 0.445. The molecule has 0 bridgehead atoms. The van der Waals surface area contributed by atoms with Crippen molar-refractivity contribution in [3.8, 4) is 0 Å². The Bertz CT molecular complexity index is 280. The Kier molecular flexibility index (Phi) is 6.84. The average Bonchev–Trinajstić information content (AvgIpc) is 2.09. The Hall–Kier alpha value is -0.770. The zero-order valence-electron chi connectivity index (χ0n) is 13.7. The average molecular weight is 274 g/mol. The van der Waals surface area contributed by atoms with Crippen LogP contribution in [0.15, 0.2) is 0 Å². The summed E-state index contributed by atoms with van der Waals surface area (Å²) in [4.78, 5) is 21.5. The second-order valence-corrected chi connectivity index (χ2v) is 7.23. The van der Waals surface area contributed by atoms with E-state index in [9.17, 15) is 4.79 Å². The maximum Gasteiger partial charge on any atom is 0.541 e. The summed E-state index contributed by atoms with van der Waals surface area (Å²) in [5.41, 5.74) is -1.05. The Morgan fingerprint density at radius 1 is 0.895 bits per heavy atom. The van der Waals surface area contributed by atoms with Gasteiger partial charge in [0.05, 0.1) is 0 Å². The molecule has 0 saturated carbocycles. The monoisotopic (exact) mass is 274 g/mol. The topological polar surface area (TPSA) is 44.8 Å². The first-order valence-corrected chi connectivity index (χ1v) is 7.02. The van der Waals surface area contributed by atoms with Crippen molar-refractivity contribution < 1.29 is 19.3 Å². The highest BCUT2D eigenvalue weighted by Crippen LogP contribution is 2.23. The van der Waals surface area contributed by atoms with Crippen molar-refractivity contribution >= 4 is 6.16 Å². The van der Waals surface area contributed by atoms with Gasteiger partial charge in [0.1, 0.15) is 11.2 Å². The van der Waals surface area contributed by atoms with Crippen LogP contribution in [0.2, 0.25) is 0 Å². The predicted molar refractivity (Wildman–Crippen MR) is 75.7 cm³/mol. The van der Waals surface area contributed by atoms with Crippen LogP contribution in [0.5, 0.6) is 0 Å². The molecular formula is C15H30O4. The summed E-state index contributed by atoms with van der Waals surface area (Å²) in [5, 5.41) is 0. The molecule has 0 spiro atoms. The van der Waals surface area contributed by atoms with Crippen LogP contribution in [0, 0.1) is 11.8 Å². The van der Waals surface area contributed by atoms with Crippen LogP contribution in [0.1, 0.15) is 68.2 Å². The van der Waals surface area contributed by atoms with Crippen LogP contribution < -0.4 is 0 Å². The second kappa shape index (κ2) is 7.13. The van der Waals surface area contributed by atoms with E-state index in [0.717, 1.165) is 12.8 Å². The number of carbonyl (C=O) groups is 1. The molecule has 0 heterocycles. The molecule has 0 amide bonds. The molecule has 0 unspecified atom stereocenters. The Balaban J connectivity index is 4.18. The lowest BCUT2D eigenvalue weighted by atomic mass is 9.96. The maximum atomic E-state index is 11.6. The second-order valence-electron chi connectivity index (χ2n) is 7.23. The molecule has 0 aromatic heterocycles. The smallest absolute Gasteiger partial charge is 0.426 e. The van der Waals surface area contributed by atoms with E-state index in [0.29, 0.717) is 11.8 Å². The molecular weight excluding hydrogens is 244 g/mol. The molecule has 114 valence electrons. The van der Waals surface area contributed by atoms with Crippen LogP contribution in [0.4, 0.5) is 4.79 Å². The number of hydrogen-bond donors (Lipinski definition) is 0. The lowest BCUT2D eigenvalue weighted by Crippen LogP contribution is -2.33. The summed E-state index contributed by atoms with van der Waals surface area (Å²) in [6.45, 7) is 15.9. The van der Waals surface area contributed by atoms with Crippen molar-refractivity contribution in [3.63, 3.8) is 0 Å². The van der Waals surface area contributed by atoms with E-state index in [1.807, 2.05) is 27.7 Å². The van der Waals surface area contributed by atoms with E-state index in [4.69, 9.17) is 14.5 Å². The molecule has 19 heavy (non-hydrogen) atoms. The molecule has 0 aliphatic heterocycles. The number of ether oxygens (including phenoxy) is 1. The third kappa shape index (κ3) is 9.77. The molecule has 4 heteroatoms. The van der Waals surface area contributed by atoms with Crippen molar-refractivity contribution in [1.82, 2.24) is 0 Å². The molecule has 0 N–H and O–H groups in total. The van der Waals surface area contributed by atoms with Gasteiger partial charge in [-0.3, -0.25) is 4.89 Å². The fraction of sp³-hybridized carbons (Fsp3) is 0.933. The predicted octanol–water partition coefficient (Wildman–Crippen LogP) is 4.72. The zero-order valence-corrected chi connectivity index (χ0v) is 13.7. The summed E-state index contributed by atoms with van der Waals surface area (Å²) < 4.78 is 5.26. The van der Waals surface area contributed by atoms with Crippen LogP contribution >= 0.6 is 0 Å². The molecule has 0 aromatic carbocycles. The minimum atomic E-state index is -0.775. The van der Waals surface area contributed by atoms with E-state index in [-0.39, 0.29) is 0 Å². The number of carbonyl (C=O) groups excluding carboxylic acids is 1. The van der Waals surface area contributed by atoms with Gasteiger partial charge in [-0.15, -0.1) is 0 Å². The van der Waals surface area contributed by atoms with E-state index in [2.05, 4.69) is 27.7 Å². The third-order valence-corrected chi connectivity index (χ3v) is 2.49. The van der Waals surface area contributed by atoms with Gasteiger partial charge in [0, 0.05) is 0 Å². The van der Waals surface area contributed by atoms with Gasteiger partial charge in [-0.1, -0.05) is 27.7 Å². The van der Waals surface area contributed by atoms with Crippen molar-refractivity contribution in [2.45, 2.75) is 79.4 Å². The Morgan fingerprint density at radius 2 is 1.32 bits per heavy atom. The quantitative estimate of drug-likeness (QED) is 0.383. The summed E-state index contributed by atoms with van der Waals surface area (Å²) >= 11 is 0. The van der Waals surface area contributed by atoms with Crippen molar-refractivity contribution in [3.05, 3.63) is 0 Å². The van der Waals surface area contributed by atoms with Gasteiger partial charge >= 0.3 is 6.16 Å². The van der Waals surface area contributed by atoms with Crippen LogP contribution in [0.3, 0.4) is 0 Å². The third-order valence-electron chi connectivity index (χ3n) is 2.49. The maximum absolute atomic E-state index is 11.6. The molecule has 0 rings (SSSR count). The van der Waals surface area contributed by atoms with Gasteiger partial charge in [-0.05, 0) is 52.4 Å². The summed E-state index contributed by atoms with van der Waals surface area (Å²) in [7, 11) is 0. The van der Waals surface area contributed by atoms with Crippen molar-refractivity contribution in [2.75, 3.05) is 0 Å². The van der Waals surface area contributed by atoms with E-state index < -0.39 is 17.4 Å². The lowest BCUT2D eigenvalue weighted by molar-refractivity contribution is -0.324. The molecule has 0 fully saturated rings. The molecule has 0 aliphatic rings. The summed E-state index contributed by atoms with van der Waals surface area (Å²) in [6.07, 6.45) is 0.801. The largest absolute Gasteiger partial charge is 0.541 e. The zero-order chi connectivity index (χ0) is 15.3. The number of rotatable bonds is 7. The van der Waals surface area contributed by atoms with Gasteiger partial charge in [-0.2, -0.15) is 4.89 Å². The first-order valence-electron chi connectivity index (χ1n) is 7.02. The Labute approximate surface area is 117 Å². The molecule has 0 saturated heterocycles. The molecule has 0 aromatic rings. The first kappa shape index (κ1) is 18.2. The van der Waals surface area contributed by atoms with E-state index in [1.54, 1.807) is 0 Å². The molecule has 4 nitrogen and oxygen atoms in total. The van der Waals surface area contributed by atoms with E-state index >= 15 is 0 Å². The fourth-order valence-electron chi connectivity index (χ4n) is 2.43. The standard InChI is InChI=1S/C15H30O4/c1-11(2)9-14(5,6)17-13(16)18-19-15(7,8)10-12(3)4/h11-12H,9-10H2,1-8H3. The van der Waals surface area contributed by atoms with Gasteiger partial charge in [0.15, 0.2) is 0 Å². The molecule has 0 atom stereocenters. The fourth-order valence-corrected chi connectivity index (χ4v) is 2.43. The van der Waals surface area contributed by atoms with Gasteiger partial charge in [0.2, 0.25) is 0 Å². The van der Waals surface area contributed by atoms with Crippen LogP contribution in [0.25, 0.3) is 0 Å². The highest BCUT2D eigenvalue weighted by atomic mass is 17.2. The summed E-state index contributed by atoms with van der Waals surface area (Å²) in [5.74, 6) is 0.910. The molecule has 0 radical (unpaired) electrons. The highest BCUT2D eigenvalue weighted by Gasteiger charge is 2.28. The highest BCUT2D eigenvalue weighted by molar-refractivity contribution is 5.59. The molecule has 0 aliphatic carbocycles. The lowest BCUT2D eigenvalue weighted by Gasteiger charge is -2.28. The minimum Gasteiger partial charge on any atom is -0.426 e. The van der Waals surface area contributed by atoms with Crippen LogP contribution in [-0.2, 0) is 14.5 Å². The van der Waals surface area contributed by atoms with Gasteiger partial charge in [-0.25, -0.2) is 4.79 Å². The van der Waals surface area contributed by atoms with E-state index in [1.165, 1.54) is 0 Å². The number of hydrogen-bond acceptors (Lipinski definition) is 4. The van der Waals surface area contributed by atoms with Gasteiger partial charge in [0.25, 0.3) is 0 Å². The Morgan fingerprint density at radius 3 is 1.74 bits per heavy atom. The summed E-state index contributed by atoms with van der Waals surface area (Å²) in [6, 6.07) is 0. The van der Waals surface area contributed by atoms with Crippen molar-refractivity contribution in [1.29, 1.82) is 0 Å². The van der Waals surface area contributed by atoms with Crippen molar-refractivity contribution in [2.24, 2.45) is 11.8 Å². The SMILES string of the molecule is CC(C)CC(C)(C)OOC(=O)OC(C)(C)CC(C)C.